The van der Waals surface area contributed by atoms with Crippen molar-refractivity contribution in [2.45, 2.75) is 24.7 Å². The van der Waals surface area contributed by atoms with Crippen LogP contribution >= 0.6 is 23.2 Å². The van der Waals surface area contributed by atoms with E-state index in [1.807, 2.05) is 41.9 Å². The lowest BCUT2D eigenvalue weighted by molar-refractivity contribution is 0.0928. The average Bonchev–Trinajstić information content (AvgIpc) is 3.09. The van der Waals surface area contributed by atoms with E-state index in [1.54, 1.807) is 12.1 Å². The highest BCUT2D eigenvalue weighted by molar-refractivity contribution is 6.45. The zero-order chi connectivity index (χ0) is 20.6. The van der Waals surface area contributed by atoms with E-state index in [9.17, 15) is 10.1 Å². The fourth-order valence-corrected chi connectivity index (χ4v) is 4.78. The van der Waals surface area contributed by atoms with Crippen molar-refractivity contribution in [3.8, 4) is 6.07 Å². The smallest absolute Gasteiger partial charge is 0.180 e. The highest BCUT2D eigenvalue weighted by Crippen LogP contribution is 2.38. The SMILES string of the molecule is Cn1c(C(=O)CC2(c3cccc(C#N)c3)CCCNC2)cc2c(Cl)c(Cl)ccc21. The number of fused-ring (bicyclic) bond motifs is 1. The number of halogens is 2. The molecule has 0 radical (unpaired) electrons. The summed E-state index contributed by atoms with van der Waals surface area (Å²) in [5.74, 6) is 0.0574. The maximum Gasteiger partial charge on any atom is 0.180 e. The van der Waals surface area contributed by atoms with Gasteiger partial charge in [-0.25, -0.2) is 0 Å². The molecule has 148 valence electrons. The quantitative estimate of drug-likeness (QED) is 0.580. The first-order chi connectivity index (χ1) is 13.9. The first kappa shape index (κ1) is 20.0. The van der Waals surface area contributed by atoms with Crippen molar-refractivity contribution < 1.29 is 4.79 Å². The molecule has 3 aromatic rings. The van der Waals surface area contributed by atoms with Crippen molar-refractivity contribution >= 4 is 39.9 Å². The summed E-state index contributed by atoms with van der Waals surface area (Å²) in [5, 5.41) is 14.5. The van der Waals surface area contributed by atoms with Gasteiger partial charge in [-0.05, 0) is 55.3 Å². The second kappa shape index (κ2) is 7.84. The van der Waals surface area contributed by atoms with Gasteiger partial charge in [0.1, 0.15) is 0 Å². The van der Waals surface area contributed by atoms with Crippen molar-refractivity contribution in [3.63, 3.8) is 0 Å². The number of nitriles is 1. The standard InChI is InChI=1S/C23H21Cl2N3O/c1-28-19-7-6-18(24)22(25)17(19)11-20(28)21(29)12-23(8-3-9-27-14-23)16-5-2-4-15(10-16)13-26/h2,4-7,10-11,27H,3,8-9,12,14H2,1H3. The van der Waals surface area contributed by atoms with E-state index < -0.39 is 0 Å². The molecule has 1 unspecified atom stereocenters. The van der Waals surface area contributed by atoms with Crippen molar-refractivity contribution in [2.75, 3.05) is 13.1 Å². The van der Waals surface area contributed by atoms with E-state index in [-0.39, 0.29) is 11.2 Å². The first-order valence-corrected chi connectivity index (χ1v) is 10.4. The van der Waals surface area contributed by atoms with Gasteiger partial charge in [-0.2, -0.15) is 5.26 Å². The number of nitrogens with one attached hydrogen (secondary N) is 1. The summed E-state index contributed by atoms with van der Waals surface area (Å²) in [6, 6.07) is 15.3. The van der Waals surface area contributed by atoms with Crippen molar-refractivity contribution in [2.24, 2.45) is 7.05 Å². The van der Waals surface area contributed by atoms with Crippen LogP contribution in [0.1, 0.15) is 40.9 Å². The Morgan fingerprint density at radius 1 is 1.28 bits per heavy atom. The number of nitrogens with zero attached hydrogens (tertiary/aromatic N) is 2. The monoisotopic (exact) mass is 425 g/mol. The van der Waals surface area contributed by atoms with Gasteiger partial charge < -0.3 is 9.88 Å². The zero-order valence-electron chi connectivity index (χ0n) is 16.1. The topological polar surface area (TPSA) is 57.8 Å². The van der Waals surface area contributed by atoms with Crippen molar-refractivity contribution in [1.29, 1.82) is 5.26 Å². The van der Waals surface area contributed by atoms with Crippen LogP contribution < -0.4 is 5.32 Å². The second-order valence-corrected chi connectivity index (χ2v) is 8.52. The van der Waals surface area contributed by atoms with Gasteiger partial charge in [0.25, 0.3) is 0 Å². The molecule has 1 aliphatic heterocycles. The summed E-state index contributed by atoms with van der Waals surface area (Å²) in [6.45, 7) is 1.65. The number of aromatic nitrogens is 1. The van der Waals surface area contributed by atoms with Crippen LogP contribution in [0, 0.1) is 11.3 Å². The van der Waals surface area contributed by atoms with Crippen molar-refractivity contribution in [1.82, 2.24) is 9.88 Å². The molecule has 0 saturated carbocycles. The second-order valence-electron chi connectivity index (χ2n) is 7.74. The van der Waals surface area contributed by atoms with Gasteiger partial charge in [-0.1, -0.05) is 35.3 Å². The van der Waals surface area contributed by atoms with E-state index in [4.69, 9.17) is 23.2 Å². The largest absolute Gasteiger partial charge is 0.341 e. The van der Waals surface area contributed by atoms with Crippen LogP contribution in [0.5, 0.6) is 0 Å². The minimum absolute atomic E-state index is 0.0574. The van der Waals surface area contributed by atoms with Gasteiger partial charge in [-0.3, -0.25) is 4.79 Å². The maximum absolute atomic E-state index is 13.4. The van der Waals surface area contributed by atoms with Crippen LogP contribution in [0.25, 0.3) is 10.9 Å². The van der Waals surface area contributed by atoms with Gasteiger partial charge in [0.15, 0.2) is 5.78 Å². The van der Waals surface area contributed by atoms with Gasteiger partial charge in [0.05, 0.1) is 27.4 Å². The Morgan fingerprint density at radius 2 is 2.10 bits per heavy atom. The predicted octanol–water partition coefficient (Wildman–Crippen LogP) is 5.25. The fraction of sp³-hybridized carbons (Fsp3) is 0.304. The number of carbonyl (C=O) groups is 1. The molecule has 1 atom stereocenters. The summed E-state index contributed by atoms with van der Waals surface area (Å²) >= 11 is 12.5. The lowest BCUT2D eigenvalue weighted by atomic mass is 9.70. The molecule has 1 aliphatic rings. The maximum atomic E-state index is 13.4. The van der Waals surface area contributed by atoms with Gasteiger partial charge in [0, 0.05) is 36.3 Å². The Kier molecular flexibility index (Phi) is 5.40. The number of aryl methyl sites for hydroxylation is 1. The van der Waals surface area contributed by atoms with E-state index in [1.165, 1.54) is 0 Å². The lowest BCUT2D eigenvalue weighted by Crippen LogP contribution is -2.45. The summed E-state index contributed by atoms with van der Waals surface area (Å²) in [5.41, 5.74) is 2.82. The molecular formula is C23H21Cl2N3O. The molecule has 0 bridgehead atoms. The molecule has 0 amide bonds. The number of hydrogen-bond donors (Lipinski definition) is 1. The molecule has 6 heteroatoms. The van der Waals surface area contributed by atoms with E-state index >= 15 is 0 Å². The average molecular weight is 426 g/mol. The third kappa shape index (κ3) is 3.55. The molecule has 4 nitrogen and oxygen atoms in total. The van der Waals surface area contributed by atoms with Crippen LogP contribution in [0.3, 0.4) is 0 Å². The van der Waals surface area contributed by atoms with Crippen LogP contribution in [0.4, 0.5) is 0 Å². The third-order valence-electron chi connectivity index (χ3n) is 5.97. The molecule has 2 aromatic carbocycles. The van der Waals surface area contributed by atoms with E-state index in [2.05, 4.69) is 11.4 Å². The first-order valence-electron chi connectivity index (χ1n) is 9.63. The molecule has 1 aromatic heterocycles. The fourth-order valence-electron chi connectivity index (χ4n) is 4.40. The zero-order valence-corrected chi connectivity index (χ0v) is 17.6. The Bertz CT molecular complexity index is 1140. The Labute approximate surface area is 180 Å². The van der Waals surface area contributed by atoms with Gasteiger partial charge >= 0.3 is 0 Å². The number of benzene rings is 2. The van der Waals surface area contributed by atoms with Gasteiger partial charge in [0.2, 0.25) is 0 Å². The normalized spacial score (nSPS) is 19.2. The van der Waals surface area contributed by atoms with Crippen LogP contribution in [-0.4, -0.2) is 23.4 Å². The predicted molar refractivity (Wildman–Crippen MR) is 117 cm³/mol. The van der Waals surface area contributed by atoms with Gasteiger partial charge in [-0.15, -0.1) is 0 Å². The molecule has 4 rings (SSSR count). The molecule has 29 heavy (non-hydrogen) atoms. The van der Waals surface area contributed by atoms with Crippen LogP contribution in [0.2, 0.25) is 10.0 Å². The number of rotatable bonds is 4. The summed E-state index contributed by atoms with van der Waals surface area (Å²) in [4.78, 5) is 13.4. The number of piperidine rings is 1. The number of hydrogen-bond acceptors (Lipinski definition) is 3. The highest BCUT2D eigenvalue weighted by atomic mass is 35.5. The van der Waals surface area contributed by atoms with Crippen LogP contribution in [0.15, 0.2) is 42.5 Å². The minimum atomic E-state index is -0.333. The number of Topliss-reactive ketones (excluding diaryl/α,β-unsaturated/α-hetero) is 1. The molecule has 1 fully saturated rings. The molecule has 1 saturated heterocycles. The minimum Gasteiger partial charge on any atom is -0.341 e. The molecule has 2 heterocycles. The number of ketones is 1. The molecular weight excluding hydrogens is 405 g/mol. The van der Waals surface area contributed by atoms with Crippen molar-refractivity contribution in [3.05, 3.63) is 69.3 Å². The van der Waals surface area contributed by atoms with Crippen LogP contribution in [-0.2, 0) is 12.5 Å². The Balaban J connectivity index is 1.74. The Hall–Kier alpha value is -2.32. The molecule has 1 N–H and O–H groups in total. The lowest BCUT2D eigenvalue weighted by Gasteiger charge is -2.38. The third-order valence-corrected chi connectivity index (χ3v) is 6.79. The summed E-state index contributed by atoms with van der Waals surface area (Å²) in [6.07, 6.45) is 2.25. The molecule has 0 aliphatic carbocycles. The number of carbonyl (C=O) groups excluding carboxylic acids is 1. The molecule has 0 spiro atoms. The van der Waals surface area contributed by atoms with E-state index in [0.717, 1.165) is 35.9 Å². The highest BCUT2D eigenvalue weighted by Gasteiger charge is 2.37. The van der Waals surface area contributed by atoms with E-state index in [0.29, 0.717) is 34.3 Å². The summed E-state index contributed by atoms with van der Waals surface area (Å²) < 4.78 is 1.88. The summed E-state index contributed by atoms with van der Waals surface area (Å²) in [7, 11) is 1.88. The Morgan fingerprint density at radius 3 is 2.83 bits per heavy atom.